The zero-order chi connectivity index (χ0) is 6.57. The topological polar surface area (TPSA) is 0 Å². The Hall–Kier alpha value is -0.790. The van der Waals surface area contributed by atoms with Gasteiger partial charge < -0.3 is 0 Å². The lowest BCUT2D eigenvalue weighted by Gasteiger charge is -1.79. The standard InChI is InChI=1S/C6H7F2/c1-3-6(8)4-5(2)7/h3-4H,2H2,1H3/q+1/b6-3-. The molecule has 0 amide bonds. The molecule has 0 rings (SSSR count). The number of rotatable bonds is 2. The molecule has 44 valence electrons. The van der Waals surface area contributed by atoms with Gasteiger partial charge in [0.1, 0.15) is 6.42 Å². The summed E-state index contributed by atoms with van der Waals surface area (Å²) in [5.41, 5.74) is 0. The largest absolute Gasteiger partial charge is 0.227 e. The first kappa shape index (κ1) is 7.21. The van der Waals surface area contributed by atoms with E-state index in [4.69, 9.17) is 0 Å². The van der Waals surface area contributed by atoms with E-state index in [9.17, 15) is 8.78 Å². The molecule has 0 N–H and O–H groups in total. The van der Waals surface area contributed by atoms with Crippen molar-refractivity contribution >= 4 is 0 Å². The molecule has 0 nitrogen and oxygen atoms in total. The highest BCUT2D eigenvalue weighted by atomic mass is 19.1. The lowest BCUT2D eigenvalue weighted by molar-refractivity contribution is 0.600. The molecule has 8 heavy (non-hydrogen) atoms. The van der Waals surface area contributed by atoms with Gasteiger partial charge in [0.15, 0.2) is 0 Å². The maximum Gasteiger partial charge on any atom is 0.227 e. The highest BCUT2D eigenvalue weighted by molar-refractivity contribution is 5.16. The van der Waals surface area contributed by atoms with Gasteiger partial charge in [0.25, 0.3) is 0 Å². The molecule has 0 aliphatic carbocycles. The SMILES string of the molecule is C=C(F)[CH+]/C(F)=C/C. The van der Waals surface area contributed by atoms with E-state index in [-0.39, 0.29) is 0 Å². The molecule has 0 aromatic heterocycles. The third-order valence-electron chi connectivity index (χ3n) is 0.570. The first-order chi connectivity index (χ1) is 3.66. The molecule has 0 radical (unpaired) electrons. The first-order valence-corrected chi connectivity index (χ1v) is 2.17. The van der Waals surface area contributed by atoms with Crippen LogP contribution < -0.4 is 0 Å². The molecule has 0 saturated carbocycles. The lowest BCUT2D eigenvalue weighted by atomic mass is 10.3. The number of hydrogen-bond donors (Lipinski definition) is 0. The van der Waals surface area contributed by atoms with Gasteiger partial charge in [-0.05, 0) is 0 Å². The van der Waals surface area contributed by atoms with Gasteiger partial charge in [-0.3, -0.25) is 0 Å². The van der Waals surface area contributed by atoms with Crippen LogP contribution in [0.1, 0.15) is 6.92 Å². The minimum Gasteiger partial charge on any atom is -0.176 e. The van der Waals surface area contributed by atoms with Crippen molar-refractivity contribution in [2.24, 2.45) is 0 Å². The van der Waals surface area contributed by atoms with E-state index in [1.54, 1.807) is 0 Å². The van der Waals surface area contributed by atoms with Gasteiger partial charge in [-0.2, -0.15) is 8.78 Å². The van der Waals surface area contributed by atoms with E-state index in [0.717, 1.165) is 12.5 Å². The van der Waals surface area contributed by atoms with Crippen molar-refractivity contribution in [2.45, 2.75) is 6.92 Å². The van der Waals surface area contributed by atoms with Crippen LogP contribution in [0.2, 0.25) is 0 Å². The van der Waals surface area contributed by atoms with Crippen LogP contribution in [-0.2, 0) is 0 Å². The normalized spacial score (nSPS) is 11.1. The highest BCUT2D eigenvalue weighted by Crippen LogP contribution is 2.08. The van der Waals surface area contributed by atoms with Gasteiger partial charge in [-0.15, -0.1) is 0 Å². The molecular formula is C6H7F2+. The monoisotopic (exact) mass is 117 g/mol. The zero-order valence-corrected chi connectivity index (χ0v) is 4.62. The molecule has 2 heteroatoms. The van der Waals surface area contributed by atoms with E-state index in [2.05, 4.69) is 6.58 Å². The summed E-state index contributed by atoms with van der Waals surface area (Å²) in [6.45, 7) is 4.32. The van der Waals surface area contributed by atoms with Gasteiger partial charge in [-0.25, -0.2) is 0 Å². The lowest BCUT2D eigenvalue weighted by Crippen LogP contribution is -1.73. The van der Waals surface area contributed by atoms with Crippen molar-refractivity contribution in [2.75, 3.05) is 0 Å². The summed E-state index contributed by atoms with van der Waals surface area (Å²) < 4.78 is 23.5. The fourth-order valence-electron chi connectivity index (χ4n) is 0.233. The summed E-state index contributed by atoms with van der Waals surface area (Å²) in [5.74, 6) is -1.36. The van der Waals surface area contributed by atoms with Crippen LogP contribution in [0.5, 0.6) is 0 Å². The number of allylic oxidation sites excluding steroid dienone is 3. The average Bonchev–Trinajstić information content (AvgIpc) is 1.65. The predicted molar refractivity (Wildman–Crippen MR) is 29.4 cm³/mol. The van der Waals surface area contributed by atoms with Gasteiger partial charge in [0.05, 0.1) is 0 Å². The Labute approximate surface area is 47.5 Å². The molecule has 0 saturated heterocycles. The molecule has 0 unspecified atom stereocenters. The van der Waals surface area contributed by atoms with Gasteiger partial charge >= 0.3 is 0 Å². The molecule has 0 heterocycles. The summed E-state index contributed by atoms with van der Waals surface area (Å²) >= 11 is 0. The molecule has 0 aromatic rings. The Morgan fingerprint density at radius 1 is 1.62 bits per heavy atom. The van der Waals surface area contributed by atoms with Crippen molar-refractivity contribution in [1.82, 2.24) is 0 Å². The van der Waals surface area contributed by atoms with Crippen LogP contribution in [0.4, 0.5) is 8.78 Å². The van der Waals surface area contributed by atoms with Crippen molar-refractivity contribution in [3.8, 4) is 0 Å². The maximum absolute atomic E-state index is 11.9. The van der Waals surface area contributed by atoms with E-state index < -0.39 is 11.7 Å². The van der Waals surface area contributed by atoms with Crippen LogP contribution in [-0.4, -0.2) is 0 Å². The minimum atomic E-state index is -0.763. The average molecular weight is 117 g/mol. The fraction of sp³-hybridized carbons (Fsp3) is 0.167. The minimum absolute atomic E-state index is 0.600. The Bertz CT molecular complexity index is 114. The van der Waals surface area contributed by atoms with Crippen LogP contribution in [0.3, 0.4) is 0 Å². The Morgan fingerprint density at radius 2 is 2.12 bits per heavy atom. The zero-order valence-electron chi connectivity index (χ0n) is 4.62. The Balaban J connectivity index is 3.56. The molecule has 0 atom stereocenters. The molecule has 0 bridgehead atoms. The first-order valence-electron chi connectivity index (χ1n) is 2.17. The van der Waals surface area contributed by atoms with E-state index in [1.165, 1.54) is 6.92 Å². The van der Waals surface area contributed by atoms with Crippen molar-refractivity contribution in [3.63, 3.8) is 0 Å². The maximum atomic E-state index is 11.9. The molecule has 0 aliphatic rings. The summed E-state index contributed by atoms with van der Waals surface area (Å²) in [4.78, 5) is 0. The van der Waals surface area contributed by atoms with Gasteiger partial charge in [0, 0.05) is 19.6 Å². The van der Waals surface area contributed by atoms with Gasteiger partial charge in [0.2, 0.25) is 11.7 Å². The highest BCUT2D eigenvalue weighted by Gasteiger charge is 2.03. The van der Waals surface area contributed by atoms with E-state index in [1.807, 2.05) is 0 Å². The molecule has 0 fully saturated rings. The molecular weight excluding hydrogens is 110 g/mol. The number of hydrogen-bond acceptors (Lipinski definition) is 0. The second-order valence-corrected chi connectivity index (χ2v) is 1.26. The summed E-state index contributed by atoms with van der Waals surface area (Å²) in [7, 11) is 0. The van der Waals surface area contributed by atoms with E-state index in [0.29, 0.717) is 0 Å². The molecule has 0 aliphatic heterocycles. The third kappa shape index (κ3) is 3.40. The third-order valence-corrected chi connectivity index (χ3v) is 0.570. The van der Waals surface area contributed by atoms with Crippen LogP contribution in [0.15, 0.2) is 24.3 Å². The molecule has 0 spiro atoms. The predicted octanol–water partition coefficient (Wildman–Crippen LogP) is 2.55. The van der Waals surface area contributed by atoms with E-state index >= 15 is 0 Å². The van der Waals surface area contributed by atoms with Crippen LogP contribution in [0.25, 0.3) is 0 Å². The second-order valence-electron chi connectivity index (χ2n) is 1.26. The fourth-order valence-corrected chi connectivity index (χ4v) is 0.233. The summed E-state index contributed by atoms with van der Waals surface area (Å²) in [6.07, 6.45) is 1.88. The molecule has 0 aromatic carbocycles. The van der Waals surface area contributed by atoms with Crippen LogP contribution in [0, 0.1) is 6.42 Å². The number of halogens is 2. The van der Waals surface area contributed by atoms with Crippen molar-refractivity contribution in [3.05, 3.63) is 30.7 Å². The van der Waals surface area contributed by atoms with Crippen molar-refractivity contribution < 1.29 is 8.78 Å². The van der Waals surface area contributed by atoms with Crippen molar-refractivity contribution in [1.29, 1.82) is 0 Å². The summed E-state index contributed by atoms with van der Waals surface area (Å²) in [6, 6.07) is 0. The Kier molecular flexibility index (Phi) is 2.92. The van der Waals surface area contributed by atoms with Crippen LogP contribution >= 0.6 is 0 Å². The Morgan fingerprint density at radius 3 is 2.25 bits per heavy atom. The van der Waals surface area contributed by atoms with Gasteiger partial charge in [-0.1, -0.05) is 0 Å². The quantitative estimate of drug-likeness (QED) is 0.487. The summed E-state index contributed by atoms with van der Waals surface area (Å²) in [5, 5.41) is 0. The smallest absolute Gasteiger partial charge is 0.176 e. The second kappa shape index (κ2) is 3.24.